The molecule has 0 aromatic heterocycles. The first kappa shape index (κ1) is 122. The molecular formula is C78H31AlF59O2P. The van der Waals surface area contributed by atoms with Crippen LogP contribution in [-0.2, 0) is 15.9 Å². The van der Waals surface area contributed by atoms with Crippen LogP contribution in [0, 0.1) is 260 Å². The van der Waals surface area contributed by atoms with Crippen LogP contribution in [-0.4, -0.2) is 55.2 Å². The number of hydrogen-bond donors (Lipinski definition) is 1. The summed E-state index contributed by atoms with van der Waals surface area (Å²) in [5.74, 6) is -116. The van der Waals surface area contributed by atoms with Crippen molar-refractivity contribution in [3.8, 4) is 55.6 Å². The van der Waals surface area contributed by atoms with Gasteiger partial charge in [-0.3, -0.25) is 0 Å². The Balaban J connectivity index is 0.000000353. The Kier molecular flexibility index (Phi) is 39.0. The normalized spacial score (nSPS) is 12.1. The third kappa shape index (κ3) is 23.9. The average Bonchev–Trinajstić information content (AvgIpc) is 0.710. The van der Waals surface area contributed by atoms with Crippen molar-refractivity contribution in [2.24, 2.45) is 0 Å². The molecule has 1 unspecified atom stereocenters. The van der Waals surface area contributed by atoms with E-state index >= 15 is 0 Å². The summed E-state index contributed by atoms with van der Waals surface area (Å²) >= 11 is -1.50. The van der Waals surface area contributed by atoms with Crippen molar-refractivity contribution in [3.63, 3.8) is 0 Å². The van der Waals surface area contributed by atoms with Crippen LogP contribution in [0.15, 0.2) is 24.3 Å². The monoisotopic (exact) mass is 2180 g/mol. The van der Waals surface area contributed by atoms with E-state index in [1.165, 1.54) is 0 Å². The summed E-state index contributed by atoms with van der Waals surface area (Å²) in [7, 11) is -4.05. The van der Waals surface area contributed by atoms with Crippen LogP contribution in [0.4, 0.5) is 259 Å². The van der Waals surface area contributed by atoms with Gasteiger partial charge < -0.3 is 0 Å². The number of aryl methyl sites for hydroxylation is 4. The van der Waals surface area contributed by atoms with Crippen LogP contribution in [0.5, 0.6) is 0 Å². The first-order valence-electron chi connectivity index (χ1n) is 35.3. The van der Waals surface area contributed by atoms with Gasteiger partial charge in [0, 0.05) is 42.8 Å². The number of alkyl halides is 19. The van der Waals surface area contributed by atoms with E-state index in [4.69, 9.17) is 7.96 Å². The maximum absolute atomic E-state index is 13.9. The third-order valence-electron chi connectivity index (χ3n) is 17.8. The van der Waals surface area contributed by atoms with Gasteiger partial charge in [0.15, 0.2) is 204 Å². The van der Waals surface area contributed by atoms with Crippen molar-refractivity contribution in [2.45, 2.75) is 114 Å². The van der Waals surface area contributed by atoms with Crippen LogP contribution in [0.2, 0.25) is 0 Å². The second-order valence-corrected chi connectivity index (χ2v) is 28.8. The van der Waals surface area contributed by atoms with E-state index < -0.39 is 406 Å². The zero-order chi connectivity index (χ0) is 110. The summed E-state index contributed by atoms with van der Waals surface area (Å²) in [4.78, 5) is 0. The first-order chi connectivity index (χ1) is 63.9. The standard InChI is InChI=1S/C15F16.4C13H4F8.C11H14F11P.Al.H2O.O/c16-5-2(6(17)10(21)12(23)9(5)20)1-3(13(24,25)15(29,30)31)7(18)11(22)8(19)4(1)14(26,27)28;4*1-3-2-4(7(15)10(18)6(3)14)5-8(16)11(19)13(21)12(20)9(5)17;1-2-3-4-5-6-7(12,13)8(14,15)10(19,20)23-11(21,22)9(16,17)18;;;/h;4*2H,1H3;23H,2-6H2,1H3;;1H2;/q;;;;;;+1;;/p-1. The van der Waals surface area contributed by atoms with Crippen LogP contribution < -0.4 is 0 Å². The SMILES string of the molecule is CCCCCCC(F)(F)C(F)(F)C(F)(F)PC(F)(F)C(F)(F)F.Cc1cc(-c2c(F)c(F)c(F)c(F)c2F)c(F)c(F)c1F.Cc1cc(-c2c(F)c(F)c(F)c(F)c2F)c(F)c(F)c1F.Cc1cc(-c2c(F)c(F)c(F)c(F)c2F)c(F)c(F)c1F.Cc1cc(-c2c(F)c(F)c(F)c(F)c2F)c(F)c(F)c1F.Fc1c(F)c(F)c(-c2c(C(F)(F)F)c(F)c(F)c(F)c2C(F)(F)C(F)(F)F)c(F)c1F.[O]=[Al][OH]. The van der Waals surface area contributed by atoms with Gasteiger partial charge in [0.25, 0.3) is 0 Å². The van der Waals surface area contributed by atoms with E-state index in [1.807, 2.05) is 0 Å². The van der Waals surface area contributed by atoms with Gasteiger partial charge in [-0.25, -0.2) is 176 Å². The molecule has 0 heterocycles. The molecule has 10 aromatic rings. The zero-order valence-electron chi connectivity index (χ0n) is 67.1. The molecule has 10 aromatic carbocycles. The molecule has 2 nitrogen and oxygen atoms in total. The molecule has 0 aliphatic heterocycles. The van der Waals surface area contributed by atoms with Gasteiger partial charge in [-0.1, -0.05) is 26.2 Å². The molecule has 1 N–H and O–H groups in total. The van der Waals surface area contributed by atoms with Gasteiger partial charge in [0.1, 0.15) is 5.56 Å². The molecule has 0 aliphatic rings. The fraction of sp³-hybridized carbons (Fsp3) is 0.231. The van der Waals surface area contributed by atoms with Crippen molar-refractivity contribution >= 4 is 24.1 Å². The molecule has 0 saturated carbocycles. The molecule has 141 heavy (non-hydrogen) atoms. The number of hydrogen-bond acceptors (Lipinski definition) is 1. The Morgan fingerprint density at radius 1 is 0.234 bits per heavy atom. The summed E-state index contributed by atoms with van der Waals surface area (Å²) in [6.45, 7) is 5.41. The minimum absolute atomic E-state index is 0.00867. The van der Waals surface area contributed by atoms with Gasteiger partial charge in [-0.2, -0.15) is 83.4 Å². The summed E-state index contributed by atoms with van der Waals surface area (Å²) in [6, 6.07) is 1.80. The number of rotatable bonds is 15. The topological polar surface area (TPSA) is 37.3 Å². The second-order valence-electron chi connectivity index (χ2n) is 27.1. The van der Waals surface area contributed by atoms with Gasteiger partial charge >= 0.3 is 71.1 Å². The fourth-order valence-corrected chi connectivity index (χ4v) is 11.8. The number of benzene rings is 10. The van der Waals surface area contributed by atoms with Crippen LogP contribution in [0.1, 0.15) is 72.4 Å². The van der Waals surface area contributed by atoms with Crippen LogP contribution in [0.3, 0.4) is 0 Å². The fourth-order valence-electron chi connectivity index (χ4n) is 11.0. The van der Waals surface area contributed by atoms with Crippen LogP contribution in [0.25, 0.3) is 55.6 Å². The first-order valence-corrected chi connectivity index (χ1v) is 37.3. The summed E-state index contributed by atoms with van der Waals surface area (Å²) in [6.07, 6.45) is -21.7. The van der Waals surface area contributed by atoms with Gasteiger partial charge in [0.2, 0.25) is 29.1 Å². The van der Waals surface area contributed by atoms with Crippen LogP contribution >= 0.6 is 8.58 Å². The molecule has 0 fully saturated rings. The number of unbranched alkanes of at least 4 members (excludes halogenated alkanes) is 3. The Hall–Kier alpha value is -11.4. The molecule has 0 amide bonds. The molecular weight excluding hydrogens is 2150 g/mol. The predicted molar refractivity (Wildman–Crippen MR) is 363 cm³/mol. The molecule has 1 atom stereocenters. The van der Waals surface area contributed by atoms with E-state index in [0.29, 0.717) is 37.1 Å². The van der Waals surface area contributed by atoms with E-state index in [0.717, 1.165) is 27.7 Å². The van der Waals surface area contributed by atoms with Gasteiger partial charge in [0.05, 0.1) is 33.4 Å². The van der Waals surface area contributed by atoms with Gasteiger partial charge in [-0.15, -0.1) is 0 Å². The Bertz CT molecular complexity index is 5790. The number of halogens is 59. The molecule has 0 spiro atoms. The summed E-state index contributed by atoms with van der Waals surface area (Å²) < 4.78 is 793. The van der Waals surface area contributed by atoms with E-state index in [1.54, 1.807) is 6.92 Å². The minimum atomic E-state index is -7.10. The van der Waals surface area contributed by atoms with E-state index in [9.17, 15) is 259 Å². The molecule has 10 rings (SSSR count). The average molecular weight is 2180 g/mol. The van der Waals surface area contributed by atoms with E-state index in [-0.39, 0.29) is 6.42 Å². The Labute approximate surface area is 749 Å². The molecule has 776 valence electrons. The molecule has 0 bridgehead atoms. The molecule has 63 heteroatoms. The second kappa shape index (κ2) is 45.1. The van der Waals surface area contributed by atoms with Crippen molar-refractivity contribution in [3.05, 3.63) is 290 Å². The van der Waals surface area contributed by atoms with Crippen molar-refractivity contribution in [1.29, 1.82) is 0 Å². The maximum atomic E-state index is 13.9. The molecule has 0 saturated heterocycles. The van der Waals surface area contributed by atoms with Crippen molar-refractivity contribution in [2.75, 3.05) is 0 Å². The predicted octanol–water partition coefficient (Wildman–Crippen LogP) is 31.8. The van der Waals surface area contributed by atoms with Gasteiger partial charge in [-0.05, 0) is 80.6 Å². The molecule has 0 aliphatic carbocycles. The summed E-state index contributed by atoms with van der Waals surface area (Å²) in [5.41, 5.74) is -40.5. The summed E-state index contributed by atoms with van der Waals surface area (Å²) in [5, 5.41) is 0. The molecule has 0 radical (unpaired) electrons. The third-order valence-corrected chi connectivity index (χ3v) is 19.1. The Morgan fingerprint density at radius 3 is 0.624 bits per heavy atom. The van der Waals surface area contributed by atoms with Crippen molar-refractivity contribution in [1.82, 2.24) is 0 Å². The Morgan fingerprint density at radius 2 is 0.426 bits per heavy atom. The van der Waals surface area contributed by atoms with Crippen molar-refractivity contribution < 1.29 is 267 Å². The zero-order valence-corrected chi connectivity index (χ0v) is 69.2. The quantitative estimate of drug-likeness (QED) is 0.0277. The van der Waals surface area contributed by atoms with E-state index in [2.05, 4.69) is 0 Å².